The molecule has 1 aromatic rings. The van der Waals surface area contributed by atoms with Gasteiger partial charge in [-0.2, -0.15) is 0 Å². The molecule has 1 saturated heterocycles. The van der Waals surface area contributed by atoms with E-state index in [9.17, 15) is 9.59 Å². The number of likely N-dealkylation sites (tertiary alicyclic amines) is 1. The van der Waals surface area contributed by atoms with Crippen LogP contribution in [0.1, 0.15) is 28.3 Å². The van der Waals surface area contributed by atoms with Crippen LogP contribution in [-0.2, 0) is 11.2 Å². The first-order chi connectivity index (χ1) is 9.10. The van der Waals surface area contributed by atoms with Crippen molar-refractivity contribution in [1.82, 2.24) is 9.88 Å². The first kappa shape index (κ1) is 13.7. The van der Waals surface area contributed by atoms with Crippen molar-refractivity contribution in [2.45, 2.75) is 19.3 Å². The van der Waals surface area contributed by atoms with Gasteiger partial charge < -0.3 is 10.0 Å². The Hall–Kier alpha value is -1.69. The Bertz CT molecular complexity index is 498. The third-order valence-electron chi connectivity index (χ3n) is 3.24. The van der Waals surface area contributed by atoms with Crippen LogP contribution in [-0.4, -0.2) is 40.0 Å². The first-order valence-corrected chi connectivity index (χ1v) is 7.07. The van der Waals surface area contributed by atoms with Crippen molar-refractivity contribution in [1.29, 1.82) is 0 Å². The van der Waals surface area contributed by atoms with Gasteiger partial charge in [0, 0.05) is 24.9 Å². The Morgan fingerprint density at radius 1 is 1.63 bits per heavy atom. The molecule has 0 radical (unpaired) electrons. The summed E-state index contributed by atoms with van der Waals surface area (Å²) in [4.78, 5) is 28.2. The molecule has 102 valence electrons. The van der Waals surface area contributed by atoms with Gasteiger partial charge in [0.1, 0.15) is 0 Å². The van der Waals surface area contributed by atoms with E-state index < -0.39 is 5.97 Å². The average molecular weight is 280 g/mol. The van der Waals surface area contributed by atoms with E-state index in [-0.39, 0.29) is 11.6 Å². The molecule has 1 aliphatic heterocycles. The van der Waals surface area contributed by atoms with E-state index in [0.717, 1.165) is 30.8 Å². The maximum absolute atomic E-state index is 11.6. The lowest BCUT2D eigenvalue weighted by Crippen LogP contribution is -2.39. The lowest BCUT2D eigenvalue weighted by Gasteiger charge is -2.31. The van der Waals surface area contributed by atoms with Crippen molar-refractivity contribution in [2.75, 3.05) is 13.1 Å². The highest BCUT2D eigenvalue weighted by atomic mass is 32.1. The van der Waals surface area contributed by atoms with Gasteiger partial charge in [-0.3, -0.25) is 4.79 Å². The zero-order chi connectivity index (χ0) is 13.8. The molecule has 0 bridgehead atoms. The minimum absolute atomic E-state index is 0.0323. The highest BCUT2D eigenvalue weighted by Crippen LogP contribution is 2.22. The van der Waals surface area contributed by atoms with E-state index in [4.69, 9.17) is 5.11 Å². The molecule has 2 rings (SSSR count). The fourth-order valence-corrected chi connectivity index (χ4v) is 3.19. The number of hydrogen-bond acceptors (Lipinski definition) is 4. The Balaban J connectivity index is 1.96. The second-order valence-electron chi connectivity index (χ2n) is 4.63. The molecule has 1 aromatic heterocycles. The molecular formula is C13H16N2O3S. The normalized spacial score (nSPS) is 19.2. The maximum atomic E-state index is 11.6. The number of carboxylic acid groups (broad SMARTS) is 1. The van der Waals surface area contributed by atoms with Crippen molar-refractivity contribution in [2.24, 2.45) is 5.92 Å². The van der Waals surface area contributed by atoms with Gasteiger partial charge in [0.2, 0.25) is 5.91 Å². The summed E-state index contributed by atoms with van der Waals surface area (Å²) < 4.78 is 0. The van der Waals surface area contributed by atoms with Gasteiger partial charge in [-0.05, 0) is 24.8 Å². The van der Waals surface area contributed by atoms with Crippen LogP contribution < -0.4 is 0 Å². The Morgan fingerprint density at radius 3 is 3.05 bits per heavy atom. The molecule has 5 nitrogen and oxygen atoms in total. The zero-order valence-electron chi connectivity index (χ0n) is 10.5. The predicted molar refractivity (Wildman–Crippen MR) is 72.3 cm³/mol. The van der Waals surface area contributed by atoms with E-state index in [2.05, 4.69) is 11.6 Å². The van der Waals surface area contributed by atoms with Gasteiger partial charge in [-0.25, -0.2) is 9.78 Å². The van der Waals surface area contributed by atoms with Crippen molar-refractivity contribution in [3.63, 3.8) is 0 Å². The second kappa shape index (κ2) is 5.97. The third-order valence-corrected chi connectivity index (χ3v) is 4.11. The Labute approximate surface area is 115 Å². The summed E-state index contributed by atoms with van der Waals surface area (Å²) in [6, 6.07) is 0. The molecule has 2 heterocycles. The number of carboxylic acids is 1. The molecule has 19 heavy (non-hydrogen) atoms. The molecule has 1 N–H and O–H groups in total. The fraction of sp³-hybridized carbons (Fsp3) is 0.462. The van der Waals surface area contributed by atoms with E-state index in [0.29, 0.717) is 12.5 Å². The van der Waals surface area contributed by atoms with Crippen LogP contribution in [0.4, 0.5) is 0 Å². The van der Waals surface area contributed by atoms with E-state index in [1.54, 1.807) is 10.3 Å². The monoisotopic (exact) mass is 280 g/mol. The van der Waals surface area contributed by atoms with Gasteiger partial charge in [-0.1, -0.05) is 6.58 Å². The largest absolute Gasteiger partial charge is 0.476 e. The molecule has 1 amide bonds. The van der Waals surface area contributed by atoms with Crippen LogP contribution >= 0.6 is 11.3 Å². The summed E-state index contributed by atoms with van der Waals surface area (Å²) in [5.74, 6) is -0.671. The molecule has 0 spiro atoms. The maximum Gasteiger partial charge on any atom is 0.355 e. The smallest absolute Gasteiger partial charge is 0.355 e. The van der Waals surface area contributed by atoms with Crippen LogP contribution in [0.5, 0.6) is 0 Å². The topological polar surface area (TPSA) is 70.5 Å². The van der Waals surface area contributed by atoms with Crippen molar-refractivity contribution < 1.29 is 14.7 Å². The second-order valence-corrected chi connectivity index (χ2v) is 5.58. The van der Waals surface area contributed by atoms with Crippen molar-refractivity contribution in [3.05, 3.63) is 28.7 Å². The van der Waals surface area contributed by atoms with Crippen LogP contribution in [0.15, 0.2) is 18.0 Å². The number of aromatic carboxylic acids is 1. The third kappa shape index (κ3) is 3.41. The van der Waals surface area contributed by atoms with Crippen molar-refractivity contribution in [3.8, 4) is 0 Å². The number of carbonyl (C=O) groups excluding carboxylic acids is 1. The minimum Gasteiger partial charge on any atom is -0.476 e. The number of aromatic nitrogens is 1. The van der Waals surface area contributed by atoms with Gasteiger partial charge >= 0.3 is 5.97 Å². The van der Waals surface area contributed by atoms with Gasteiger partial charge in [0.15, 0.2) is 5.69 Å². The van der Waals surface area contributed by atoms with Crippen molar-refractivity contribution >= 4 is 23.2 Å². The number of piperidine rings is 1. The lowest BCUT2D eigenvalue weighted by atomic mass is 9.95. The summed E-state index contributed by atoms with van der Waals surface area (Å²) in [7, 11) is 0. The lowest BCUT2D eigenvalue weighted by molar-refractivity contribution is -0.127. The summed E-state index contributed by atoms with van der Waals surface area (Å²) in [5.41, 5.74) is 0.106. The minimum atomic E-state index is -0.991. The fourth-order valence-electron chi connectivity index (χ4n) is 2.31. The first-order valence-electron chi connectivity index (χ1n) is 6.19. The number of nitrogens with zero attached hydrogens (tertiary/aromatic N) is 2. The van der Waals surface area contributed by atoms with E-state index >= 15 is 0 Å². The van der Waals surface area contributed by atoms with Gasteiger partial charge in [0.25, 0.3) is 0 Å². The van der Waals surface area contributed by atoms with Crippen LogP contribution in [0, 0.1) is 5.92 Å². The highest BCUT2D eigenvalue weighted by Gasteiger charge is 2.23. The molecule has 1 unspecified atom stereocenters. The summed E-state index contributed by atoms with van der Waals surface area (Å²) in [5, 5.41) is 11.2. The summed E-state index contributed by atoms with van der Waals surface area (Å²) >= 11 is 1.37. The predicted octanol–water partition coefficient (Wildman–Crippen LogP) is 1.81. The molecule has 1 fully saturated rings. The molecule has 6 heteroatoms. The highest BCUT2D eigenvalue weighted by molar-refractivity contribution is 7.09. The molecule has 0 saturated carbocycles. The summed E-state index contributed by atoms with van der Waals surface area (Å²) in [6.07, 6.45) is 4.09. The van der Waals surface area contributed by atoms with Gasteiger partial charge in [-0.15, -0.1) is 11.3 Å². The van der Waals surface area contributed by atoms with Crippen LogP contribution in [0.2, 0.25) is 0 Å². The van der Waals surface area contributed by atoms with E-state index in [1.807, 2.05) is 0 Å². The van der Waals surface area contributed by atoms with E-state index in [1.165, 1.54) is 17.4 Å². The number of rotatable bonds is 4. The molecular weight excluding hydrogens is 264 g/mol. The van der Waals surface area contributed by atoms with Gasteiger partial charge in [0.05, 0.1) is 5.01 Å². The molecule has 1 aliphatic rings. The average Bonchev–Trinajstić information content (AvgIpc) is 2.87. The molecule has 0 aromatic carbocycles. The number of amides is 1. The summed E-state index contributed by atoms with van der Waals surface area (Å²) in [6.45, 7) is 4.98. The number of carbonyl (C=O) groups is 2. The number of thiazole rings is 1. The standard InChI is InChI=1S/C13H16N2O3S/c1-2-12(16)15-5-3-4-9(7-15)6-11-14-10(8-19-11)13(17)18/h2,8-9H,1,3-7H2,(H,17,18). The Morgan fingerprint density at radius 2 is 2.42 bits per heavy atom. The Kier molecular flexibility index (Phi) is 4.31. The van der Waals surface area contributed by atoms with Crippen LogP contribution in [0.25, 0.3) is 0 Å². The zero-order valence-corrected chi connectivity index (χ0v) is 11.4. The molecule has 0 aliphatic carbocycles. The number of hydrogen-bond donors (Lipinski definition) is 1. The molecule has 1 atom stereocenters. The van der Waals surface area contributed by atoms with Crippen LogP contribution in [0.3, 0.4) is 0 Å². The quantitative estimate of drug-likeness (QED) is 0.854. The SMILES string of the molecule is C=CC(=O)N1CCCC(Cc2nc(C(=O)O)cs2)C1.